The van der Waals surface area contributed by atoms with Gasteiger partial charge in [0.05, 0.1) is 5.60 Å². The van der Waals surface area contributed by atoms with Crippen LogP contribution in [0.15, 0.2) is 46.9 Å². The molecule has 1 aliphatic rings. The first-order chi connectivity index (χ1) is 9.60. The molecule has 2 aromatic rings. The van der Waals surface area contributed by atoms with Crippen LogP contribution in [0.5, 0.6) is 0 Å². The molecule has 0 heterocycles. The first kappa shape index (κ1) is 13.8. The Bertz CT molecular complexity index is 618. The van der Waals surface area contributed by atoms with Crippen LogP contribution in [0.1, 0.15) is 35.6 Å². The molecule has 0 aromatic heterocycles. The van der Waals surface area contributed by atoms with Crippen molar-refractivity contribution in [2.75, 3.05) is 0 Å². The van der Waals surface area contributed by atoms with Crippen molar-refractivity contribution in [2.45, 2.75) is 38.2 Å². The number of halogens is 1. The molecule has 1 aliphatic carbocycles. The summed E-state index contributed by atoms with van der Waals surface area (Å²) in [6.45, 7) is 2.15. The van der Waals surface area contributed by atoms with Crippen LogP contribution < -0.4 is 0 Å². The van der Waals surface area contributed by atoms with Crippen LogP contribution in [0.25, 0.3) is 0 Å². The highest BCUT2D eigenvalue weighted by atomic mass is 79.9. The molecule has 1 unspecified atom stereocenters. The molecule has 2 heteroatoms. The van der Waals surface area contributed by atoms with Gasteiger partial charge in [-0.15, -0.1) is 0 Å². The molecule has 1 atom stereocenters. The zero-order valence-corrected chi connectivity index (χ0v) is 13.3. The highest BCUT2D eigenvalue weighted by Crippen LogP contribution is 2.37. The molecule has 1 N–H and O–H groups in total. The van der Waals surface area contributed by atoms with Crippen LogP contribution >= 0.6 is 15.9 Å². The molecule has 0 saturated heterocycles. The number of hydrogen-bond acceptors (Lipinski definition) is 1. The van der Waals surface area contributed by atoms with Crippen molar-refractivity contribution in [2.24, 2.45) is 0 Å². The van der Waals surface area contributed by atoms with E-state index in [1.54, 1.807) is 0 Å². The van der Waals surface area contributed by atoms with E-state index >= 15 is 0 Å². The van der Waals surface area contributed by atoms with Gasteiger partial charge >= 0.3 is 0 Å². The zero-order valence-electron chi connectivity index (χ0n) is 11.7. The second-order valence-corrected chi connectivity index (χ2v) is 6.59. The lowest BCUT2D eigenvalue weighted by atomic mass is 9.76. The fourth-order valence-electron chi connectivity index (χ4n) is 3.04. The van der Waals surface area contributed by atoms with Gasteiger partial charge in [-0.2, -0.15) is 0 Å². The van der Waals surface area contributed by atoms with Gasteiger partial charge in [-0.1, -0.05) is 53.2 Å². The summed E-state index contributed by atoms with van der Waals surface area (Å²) in [5, 5.41) is 11.0. The Morgan fingerprint density at radius 3 is 2.55 bits per heavy atom. The quantitative estimate of drug-likeness (QED) is 0.865. The number of aryl methyl sites for hydroxylation is 2. The molecule has 20 heavy (non-hydrogen) atoms. The van der Waals surface area contributed by atoms with Crippen LogP contribution in [0.2, 0.25) is 0 Å². The maximum absolute atomic E-state index is 11.0. The second-order valence-electron chi connectivity index (χ2n) is 5.67. The SMILES string of the molecule is CCc1ccc(C2(O)CCc3cc(Br)ccc3C2)cc1. The van der Waals surface area contributed by atoms with Crippen LogP contribution in [0.4, 0.5) is 0 Å². The van der Waals surface area contributed by atoms with Crippen molar-refractivity contribution >= 4 is 15.9 Å². The summed E-state index contributed by atoms with van der Waals surface area (Å²) in [4.78, 5) is 0. The van der Waals surface area contributed by atoms with Crippen molar-refractivity contribution in [3.05, 3.63) is 69.2 Å². The van der Waals surface area contributed by atoms with Gasteiger partial charge in [-0.25, -0.2) is 0 Å². The second kappa shape index (κ2) is 5.34. The minimum atomic E-state index is -0.715. The first-order valence-corrected chi connectivity index (χ1v) is 7.99. The highest BCUT2D eigenvalue weighted by Gasteiger charge is 2.33. The summed E-state index contributed by atoms with van der Waals surface area (Å²) in [5.41, 5.74) is 4.27. The minimum Gasteiger partial charge on any atom is -0.385 e. The van der Waals surface area contributed by atoms with Gasteiger partial charge in [0.2, 0.25) is 0 Å². The van der Waals surface area contributed by atoms with E-state index in [-0.39, 0.29) is 0 Å². The molecular formula is C18H19BrO. The van der Waals surface area contributed by atoms with E-state index in [0.29, 0.717) is 6.42 Å². The summed E-state index contributed by atoms with van der Waals surface area (Å²) < 4.78 is 1.12. The zero-order chi connectivity index (χ0) is 14.2. The lowest BCUT2D eigenvalue weighted by molar-refractivity contribution is 0.0222. The molecule has 0 fully saturated rings. The van der Waals surface area contributed by atoms with Gasteiger partial charge in [-0.05, 0) is 53.6 Å². The largest absolute Gasteiger partial charge is 0.385 e. The van der Waals surface area contributed by atoms with Crippen LogP contribution in [0, 0.1) is 0 Å². The molecule has 0 spiro atoms. The number of hydrogen-bond donors (Lipinski definition) is 1. The lowest BCUT2D eigenvalue weighted by Gasteiger charge is -2.34. The predicted molar refractivity (Wildman–Crippen MR) is 85.9 cm³/mol. The van der Waals surface area contributed by atoms with E-state index in [0.717, 1.165) is 29.3 Å². The Labute approximate surface area is 128 Å². The van der Waals surface area contributed by atoms with E-state index < -0.39 is 5.60 Å². The maximum atomic E-state index is 11.0. The van der Waals surface area contributed by atoms with E-state index in [1.165, 1.54) is 16.7 Å². The summed E-state index contributed by atoms with van der Waals surface area (Å²) in [7, 11) is 0. The Morgan fingerprint density at radius 2 is 1.85 bits per heavy atom. The van der Waals surface area contributed by atoms with Gasteiger partial charge in [-0.3, -0.25) is 0 Å². The van der Waals surface area contributed by atoms with Gasteiger partial charge < -0.3 is 5.11 Å². The highest BCUT2D eigenvalue weighted by molar-refractivity contribution is 9.10. The monoisotopic (exact) mass is 330 g/mol. The molecule has 0 aliphatic heterocycles. The van der Waals surface area contributed by atoms with Crippen molar-refractivity contribution in [3.8, 4) is 0 Å². The van der Waals surface area contributed by atoms with Crippen molar-refractivity contribution < 1.29 is 5.11 Å². The van der Waals surface area contributed by atoms with Crippen molar-refractivity contribution in [1.82, 2.24) is 0 Å². The molecule has 0 saturated carbocycles. The van der Waals surface area contributed by atoms with E-state index in [1.807, 2.05) is 0 Å². The average Bonchev–Trinajstić information content (AvgIpc) is 2.48. The molecule has 1 nitrogen and oxygen atoms in total. The lowest BCUT2D eigenvalue weighted by Crippen LogP contribution is -2.33. The maximum Gasteiger partial charge on any atom is 0.0940 e. The summed E-state index contributed by atoms with van der Waals surface area (Å²) >= 11 is 3.52. The third-order valence-electron chi connectivity index (χ3n) is 4.36. The molecule has 3 rings (SSSR count). The summed E-state index contributed by atoms with van der Waals surface area (Å²) in [5.74, 6) is 0. The Morgan fingerprint density at radius 1 is 1.10 bits per heavy atom. The Hall–Kier alpha value is -1.12. The molecular weight excluding hydrogens is 312 g/mol. The fraction of sp³-hybridized carbons (Fsp3) is 0.333. The number of fused-ring (bicyclic) bond motifs is 1. The molecule has 2 aromatic carbocycles. The minimum absolute atomic E-state index is 0.709. The smallest absolute Gasteiger partial charge is 0.0940 e. The van der Waals surface area contributed by atoms with Gasteiger partial charge in [0.15, 0.2) is 0 Å². The number of benzene rings is 2. The van der Waals surface area contributed by atoms with E-state index in [9.17, 15) is 5.11 Å². The van der Waals surface area contributed by atoms with Crippen molar-refractivity contribution in [3.63, 3.8) is 0 Å². The fourth-order valence-corrected chi connectivity index (χ4v) is 3.45. The predicted octanol–water partition coefficient (Wildman–Crippen LogP) is 4.39. The van der Waals surface area contributed by atoms with E-state index in [2.05, 4.69) is 65.3 Å². The topological polar surface area (TPSA) is 20.2 Å². The summed E-state index contributed by atoms with van der Waals surface area (Å²) in [6.07, 6.45) is 3.47. The normalized spacial score (nSPS) is 21.6. The number of aliphatic hydroxyl groups is 1. The Kier molecular flexibility index (Phi) is 3.70. The summed E-state index contributed by atoms with van der Waals surface area (Å²) in [6, 6.07) is 14.8. The third kappa shape index (κ3) is 2.55. The molecule has 0 radical (unpaired) electrons. The standard InChI is InChI=1S/C18H19BrO/c1-2-13-3-6-16(7-4-13)18(20)10-9-14-11-17(19)8-5-15(14)12-18/h3-8,11,20H,2,9-10,12H2,1H3. The van der Waals surface area contributed by atoms with Gasteiger partial charge in [0.25, 0.3) is 0 Å². The molecule has 0 amide bonds. The van der Waals surface area contributed by atoms with Gasteiger partial charge in [0, 0.05) is 10.9 Å². The van der Waals surface area contributed by atoms with Gasteiger partial charge in [0.1, 0.15) is 0 Å². The third-order valence-corrected chi connectivity index (χ3v) is 4.85. The first-order valence-electron chi connectivity index (χ1n) is 7.20. The number of rotatable bonds is 2. The van der Waals surface area contributed by atoms with Crippen molar-refractivity contribution in [1.29, 1.82) is 0 Å². The molecule has 0 bridgehead atoms. The molecule has 104 valence electrons. The van der Waals surface area contributed by atoms with E-state index in [4.69, 9.17) is 0 Å². The van der Waals surface area contributed by atoms with Crippen LogP contribution in [0.3, 0.4) is 0 Å². The van der Waals surface area contributed by atoms with Crippen LogP contribution in [-0.2, 0) is 24.9 Å². The average molecular weight is 331 g/mol. The van der Waals surface area contributed by atoms with Crippen LogP contribution in [-0.4, -0.2) is 5.11 Å². The Balaban J connectivity index is 1.91.